The first-order chi connectivity index (χ1) is 9.11. The Morgan fingerprint density at radius 1 is 1.26 bits per heavy atom. The fraction of sp³-hybridized carbons (Fsp3) is 0.533. The molecule has 0 amide bonds. The molecule has 1 aromatic carbocycles. The maximum atomic E-state index is 12.8. The average molecular weight is 324 g/mol. The molecule has 2 aliphatic heterocycles. The number of ketones is 1. The van der Waals surface area contributed by atoms with Gasteiger partial charge in [-0.05, 0) is 51.1 Å². The van der Waals surface area contributed by atoms with E-state index < -0.39 is 5.54 Å². The zero-order valence-electron chi connectivity index (χ0n) is 11.1. The molecular weight excluding hydrogens is 306 g/mol. The van der Waals surface area contributed by atoms with E-state index in [1.165, 1.54) is 19.3 Å². The molecule has 0 bridgehead atoms. The van der Waals surface area contributed by atoms with Gasteiger partial charge in [-0.1, -0.05) is 22.4 Å². The van der Waals surface area contributed by atoms with E-state index in [0.717, 1.165) is 17.6 Å². The Labute approximate surface area is 122 Å². The van der Waals surface area contributed by atoms with E-state index in [-0.39, 0.29) is 5.78 Å². The third kappa shape index (κ3) is 2.21. The summed E-state index contributed by atoms with van der Waals surface area (Å²) in [7, 11) is 0. The van der Waals surface area contributed by atoms with Crippen molar-refractivity contribution in [3.8, 4) is 5.75 Å². The number of piperidine rings is 1. The standard InChI is InChI=1S/C15H18BrNO2/c1-15(17-7-3-2-4-8-17)10-19-13-6-5-11(16)9-12(13)14(15)18/h5-6,9H,2-4,7-8,10H2,1H3/t15-/m0/s1. The van der Waals surface area contributed by atoms with Gasteiger partial charge in [0, 0.05) is 4.47 Å². The molecule has 1 fully saturated rings. The monoisotopic (exact) mass is 323 g/mol. The summed E-state index contributed by atoms with van der Waals surface area (Å²) >= 11 is 3.43. The van der Waals surface area contributed by atoms with Crippen molar-refractivity contribution in [1.29, 1.82) is 0 Å². The number of likely N-dealkylation sites (tertiary alicyclic amines) is 1. The highest BCUT2D eigenvalue weighted by molar-refractivity contribution is 9.10. The van der Waals surface area contributed by atoms with E-state index >= 15 is 0 Å². The molecule has 1 aromatic rings. The second-order valence-corrected chi connectivity index (χ2v) is 6.50. The van der Waals surface area contributed by atoms with E-state index in [2.05, 4.69) is 20.8 Å². The van der Waals surface area contributed by atoms with Gasteiger partial charge in [0.2, 0.25) is 0 Å². The van der Waals surface area contributed by atoms with Crippen molar-refractivity contribution in [3.63, 3.8) is 0 Å². The lowest BCUT2D eigenvalue weighted by atomic mass is 9.86. The van der Waals surface area contributed by atoms with Gasteiger partial charge < -0.3 is 4.74 Å². The minimum atomic E-state index is -0.506. The predicted molar refractivity (Wildman–Crippen MR) is 77.8 cm³/mol. The number of hydrogen-bond donors (Lipinski definition) is 0. The van der Waals surface area contributed by atoms with Crippen LogP contribution in [0.4, 0.5) is 0 Å². The molecule has 102 valence electrons. The SMILES string of the molecule is C[C@]1(N2CCCCC2)COc2ccc(Br)cc2C1=O. The summed E-state index contributed by atoms with van der Waals surface area (Å²) in [5.74, 6) is 0.902. The Bertz CT molecular complexity index is 511. The maximum Gasteiger partial charge on any atom is 0.190 e. The molecule has 0 aliphatic carbocycles. The van der Waals surface area contributed by atoms with Crippen LogP contribution in [0.5, 0.6) is 5.75 Å². The van der Waals surface area contributed by atoms with Crippen LogP contribution in [0.3, 0.4) is 0 Å². The highest BCUT2D eigenvalue weighted by Crippen LogP contribution is 2.35. The number of halogens is 1. The van der Waals surface area contributed by atoms with Crippen LogP contribution in [0.1, 0.15) is 36.5 Å². The molecule has 2 heterocycles. The quantitative estimate of drug-likeness (QED) is 0.794. The smallest absolute Gasteiger partial charge is 0.190 e. The Hall–Kier alpha value is -0.870. The minimum absolute atomic E-state index is 0.192. The molecule has 0 saturated carbocycles. The fourth-order valence-electron chi connectivity index (χ4n) is 3.00. The first kappa shape index (κ1) is 13.1. The molecule has 0 spiro atoms. The molecular formula is C15H18BrNO2. The second kappa shape index (κ2) is 4.91. The Morgan fingerprint density at radius 2 is 2.00 bits per heavy atom. The number of ether oxygens (including phenoxy) is 1. The number of hydrogen-bond acceptors (Lipinski definition) is 3. The fourth-order valence-corrected chi connectivity index (χ4v) is 3.36. The summed E-state index contributed by atoms with van der Waals surface area (Å²) in [4.78, 5) is 15.1. The zero-order valence-corrected chi connectivity index (χ0v) is 12.7. The Balaban J connectivity index is 1.95. The van der Waals surface area contributed by atoms with E-state index in [0.29, 0.717) is 17.9 Å². The van der Waals surface area contributed by atoms with Crippen molar-refractivity contribution in [2.75, 3.05) is 19.7 Å². The lowest BCUT2D eigenvalue weighted by molar-refractivity contribution is 0.0251. The number of benzene rings is 1. The van der Waals surface area contributed by atoms with Crippen LogP contribution in [0.15, 0.2) is 22.7 Å². The Morgan fingerprint density at radius 3 is 2.74 bits per heavy atom. The third-order valence-corrected chi connectivity index (χ3v) is 4.73. The summed E-state index contributed by atoms with van der Waals surface area (Å²) in [6.45, 7) is 4.47. The number of rotatable bonds is 1. The van der Waals surface area contributed by atoms with Crippen molar-refractivity contribution in [3.05, 3.63) is 28.2 Å². The van der Waals surface area contributed by atoms with Gasteiger partial charge in [-0.15, -0.1) is 0 Å². The second-order valence-electron chi connectivity index (χ2n) is 5.58. The van der Waals surface area contributed by atoms with Gasteiger partial charge in [-0.25, -0.2) is 0 Å². The molecule has 4 heteroatoms. The lowest BCUT2D eigenvalue weighted by Crippen LogP contribution is -2.59. The van der Waals surface area contributed by atoms with Crippen molar-refractivity contribution >= 4 is 21.7 Å². The van der Waals surface area contributed by atoms with Crippen LogP contribution in [0, 0.1) is 0 Å². The molecule has 0 N–H and O–H groups in total. The van der Waals surface area contributed by atoms with Gasteiger partial charge in [-0.3, -0.25) is 9.69 Å². The molecule has 0 aromatic heterocycles. The minimum Gasteiger partial charge on any atom is -0.490 e. The van der Waals surface area contributed by atoms with Crippen LogP contribution in [0.25, 0.3) is 0 Å². The predicted octanol–water partition coefficient (Wildman–Crippen LogP) is 3.27. The summed E-state index contributed by atoms with van der Waals surface area (Å²) in [6, 6.07) is 5.65. The number of carbonyl (C=O) groups excluding carboxylic acids is 1. The molecule has 1 atom stereocenters. The van der Waals surface area contributed by atoms with Gasteiger partial charge in [-0.2, -0.15) is 0 Å². The van der Waals surface area contributed by atoms with Gasteiger partial charge in [0.15, 0.2) is 5.78 Å². The molecule has 2 aliphatic rings. The molecule has 1 saturated heterocycles. The summed E-state index contributed by atoms with van der Waals surface area (Å²) in [5.41, 5.74) is 0.197. The average Bonchev–Trinajstić information content (AvgIpc) is 2.45. The van der Waals surface area contributed by atoms with Gasteiger partial charge in [0.1, 0.15) is 17.9 Å². The topological polar surface area (TPSA) is 29.5 Å². The Kier molecular flexibility index (Phi) is 3.39. The van der Waals surface area contributed by atoms with E-state index in [4.69, 9.17) is 4.74 Å². The molecule has 0 unspecified atom stereocenters. The first-order valence-electron chi connectivity index (χ1n) is 6.83. The van der Waals surface area contributed by atoms with Crippen LogP contribution >= 0.6 is 15.9 Å². The maximum absolute atomic E-state index is 12.8. The van der Waals surface area contributed by atoms with Crippen LogP contribution < -0.4 is 4.74 Å². The van der Waals surface area contributed by atoms with Gasteiger partial charge in [0.05, 0.1) is 5.56 Å². The number of carbonyl (C=O) groups is 1. The highest BCUT2D eigenvalue weighted by atomic mass is 79.9. The normalized spacial score (nSPS) is 27.8. The third-order valence-electron chi connectivity index (χ3n) is 4.24. The highest BCUT2D eigenvalue weighted by Gasteiger charge is 2.44. The zero-order chi connectivity index (χ0) is 13.5. The summed E-state index contributed by atoms with van der Waals surface area (Å²) in [6.07, 6.45) is 3.62. The van der Waals surface area contributed by atoms with Gasteiger partial charge in [0.25, 0.3) is 0 Å². The molecule has 3 nitrogen and oxygen atoms in total. The number of fused-ring (bicyclic) bond motifs is 1. The molecule has 3 rings (SSSR count). The van der Waals surface area contributed by atoms with Crippen molar-refractivity contribution in [2.24, 2.45) is 0 Å². The van der Waals surface area contributed by atoms with Crippen LogP contribution in [-0.2, 0) is 0 Å². The first-order valence-corrected chi connectivity index (χ1v) is 7.63. The summed E-state index contributed by atoms with van der Waals surface area (Å²) < 4.78 is 6.76. The van der Waals surface area contributed by atoms with Crippen molar-refractivity contribution in [1.82, 2.24) is 4.90 Å². The molecule has 0 radical (unpaired) electrons. The molecule has 19 heavy (non-hydrogen) atoms. The van der Waals surface area contributed by atoms with Gasteiger partial charge >= 0.3 is 0 Å². The van der Waals surface area contributed by atoms with E-state index in [1.54, 1.807) is 0 Å². The number of Topliss-reactive ketones (excluding diaryl/α,β-unsaturated/α-hetero) is 1. The van der Waals surface area contributed by atoms with Crippen LogP contribution in [-0.4, -0.2) is 35.9 Å². The summed E-state index contributed by atoms with van der Waals surface area (Å²) in [5, 5.41) is 0. The number of nitrogens with zero attached hydrogens (tertiary/aromatic N) is 1. The van der Waals surface area contributed by atoms with Crippen molar-refractivity contribution in [2.45, 2.75) is 31.7 Å². The van der Waals surface area contributed by atoms with E-state index in [9.17, 15) is 4.79 Å². The van der Waals surface area contributed by atoms with Crippen LogP contribution in [0.2, 0.25) is 0 Å². The lowest BCUT2D eigenvalue weighted by Gasteiger charge is -2.44. The van der Waals surface area contributed by atoms with Crippen molar-refractivity contribution < 1.29 is 9.53 Å². The van der Waals surface area contributed by atoms with E-state index in [1.807, 2.05) is 25.1 Å². The largest absolute Gasteiger partial charge is 0.490 e.